The fourth-order valence-corrected chi connectivity index (χ4v) is 4.01. The molecule has 112 valence electrons. The second-order valence-corrected chi connectivity index (χ2v) is 7.65. The Kier molecular flexibility index (Phi) is 4.70. The van der Waals surface area contributed by atoms with E-state index in [0.717, 1.165) is 6.42 Å². The predicted octanol–water partition coefficient (Wildman–Crippen LogP) is 6.34. The molecule has 0 bridgehead atoms. The van der Waals surface area contributed by atoms with E-state index in [4.69, 9.17) is 0 Å². The molecule has 0 atom stereocenters. The van der Waals surface area contributed by atoms with Crippen molar-refractivity contribution in [1.29, 1.82) is 0 Å². The third kappa shape index (κ3) is 3.45. The molecule has 22 heavy (non-hydrogen) atoms. The van der Waals surface area contributed by atoms with Crippen LogP contribution >= 0.6 is 23.1 Å². The van der Waals surface area contributed by atoms with Crippen LogP contribution in [0.4, 0.5) is 0 Å². The molecule has 2 aromatic carbocycles. The van der Waals surface area contributed by atoms with Gasteiger partial charge in [0, 0.05) is 21.1 Å². The standard InChI is InChI=1S/C20H20S2/c1-14-4-5-15(2)17(12-14)13-19-10-11-20(22-19)16-6-8-18(21-3)9-7-16/h4-12H,13H2,1-3H3. The summed E-state index contributed by atoms with van der Waals surface area (Å²) in [5, 5.41) is 0. The minimum Gasteiger partial charge on any atom is -0.140 e. The Morgan fingerprint density at radius 2 is 1.68 bits per heavy atom. The summed E-state index contributed by atoms with van der Waals surface area (Å²) in [7, 11) is 0. The minimum absolute atomic E-state index is 1.03. The van der Waals surface area contributed by atoms with Crippen molar-refractivity contribution in [3.05, 3.63) is 76.2 Å². The molecule has 2 heteroatoms. The third-order valence-corrected chi connectivity index (χ3v) is 5.78. The lowest BCUT2D eigenvalue weighted by molar-refractivity contribution is 1.18. The maximum Gasteiger partial charge on any atom is 0.0345 e. The van der Waals surface area contributed by atoms with Gasteiger partial charge in [-0.15, -0.1) is 23.1 Å². The highest BCUT2D eigenvalue weighted by Gasteiger charge is 2.06. The number of rotatable bonds is 4. The van der Waals surface area contributed by atoms with Crippen LogP contribution in [0.5, 0.6) is 0 Å². The van der Waals surface area contributed by atoms with Gasteiger partial charge in [0.1, 0.15) is 0 Å². The molecule has 0 aliphatic rings. The van der Waals surface area contributed by atoms with Gasteiger partial charge in [0.05, 0.1) is 0 Å². The first-order valence-corrected chi connectivity index (χ1v) is 9.49. The Labute approximate surface area is 141 Å². The molecule has 0 saturated heterocycles. The summed E-state index contributed by atoms with van der Waals surface area (Å²) in [5.74, 6) is 0. The first-order chi connectivity index (χ1) is 10.7. The molecule has 0 fully saturated rings. The molecular formula is C20H20S2. The molecule has 0 aliphatic heterocycles. The Morgan fingerprint density at radius 3 is 2.41 bits per heavy atom. The molecule has 0 radical (unpaired) electrons. The van der Waals surface area contributed by atoms with Crippen LogP contribution in [0.25, 0.3) is 10.4 Å². The fraction of sp³-hybridized carbons (Fsp3) is 0.200. The molecule has 0 spiro atoms. The lowest BCUT2D eigenvalue weighted by atomic mass is 10.0. The second-order valence-electron chi connectivity index (χ2n) is 5.60. The van der Waals surface area contributed by atoms with Crippen molar-refractivity contribution in [2.75, 3.05) is 6.26 Å². The van der Waals surface area contributed by atoms with Crippen LogP contribution in [0.15, 0.2) is 59.5 Å². The van der Waals surface area contributed by atoms with Crippen LogP contribution < -0.4 is 0 Å². The molecule has 0 saturated carbocycles. The first-order valence-electron chi connectivity index (χ1n) is 7.45. The lowest BCUT2D eigenvalue weighted by Crippen LogP contribution is -1.90. The van der Waals surface area contributed by atoms with Crippen molar-refractivity contribution in [2.45, 2.75) is 25.2 Å². The van der Waals surface area contributed by atoms with E-state index in [2.05, 4.69) is 74.7 Å². The van der Waals surface area contributed by atoms with E-state index in [-0.39, 0.29) is 0 Å². The summed E-state index contributed by atoms with van der Waals surface area (Å²) in [6.07, 6.45) is 3.14. The van der Waals surface area contributed by atoms with E-state index >= 15 is 0 Å². The SMILES string of the molecule is CSc1ccc(-c2ccc(Cc3cc(C)ccc3C)s2)cc1. The van der Waals surface area contributed by atoms with Crippen LogP contribution in [0.1, 0.15) is 21.6 Å². The molecule has 1 aromatic heterocycles. The van der Waals surface area contributed by atoms with Crippen LogP contribution in [0, 0.1) is 13.8 Å². The van der Waals surface area contributed by atoms with Gasteiger partial charge in [0.25, 0.3) is 0 Å². The van der Waals surface area contributed by atoms with Crippen molar-refractivity contribution in [1.82, 2.24) is 0 Å². The number of hydrogen-bond donors (Lipinski definition) is 0. The largest absolute Gasteiger partial charge is 0.140 e. The normalized spacial score (nSPS) is 10.9. The average molecular weight is 325 g/mol. The van der Waals surface area contributed by atoms with E-state index in [1.54, 1.807) is 11.8 Å². The van der Waals surface area contributed by atoms with Crippen molar-refractivity contribution in [3.63, 3.8) is 0 Å². The van der Waals surface area contributed by atoms with Gasteiger partial charge in [-0.1, -0.05) is 35.9 Å². The molecule has 3 rings (SSSR count). The van der Waals surface area contributed by atoms with Crippen LogP contribution in [-0.4, -0.2) is 6.26 Å². The maximum absolute atomic E-state index is 2.31. The predicted molar refractivity (Wildman–Crippen MR) is 100 cm³/mol. The molecular weight excluding hydrogens is 304 g/mol. The third-order valence-electron chi connectivity index (χ3n) is 3.91. The van der Waals surface area contributed by atoms with E-state index in [0.29, 0.717) is 0 Å². The number of aryl methyl sites for hydroxylation is 2. The quantitative estimate of drug-likeness (QED) is 0.504. The highest BCUT2D eigenvalue weighted by molar-refractivity contribution is 7.98. The fourth-order valence-electron chi connectivity index (χ4n) is 2.56. The zero-order chi connectivity index (χ0) is 15.5. The molecule has 0 nitrogen and oxygen atoms in total. The minimum atomic E-state index is 1.03. The summed E-state index contributed by atoms with van der Waals surface area (Å²) in [4.78, 5) is 4.10. The molecule has 0 aliphatic carbocycles. The first kappa shape index (κ1) is 15.4. The summed E-state index contributed by atoms with van der Waals surface area (Å²) in [5.41, 5.74) is 5.47. The Bertz CT molecular complexity index is 767. The van der Waals surface area contributed by atoms with Crippen molar-refractivity contribution in [2.24, 2.45) is 0 Å². The van der Waals surface area contributed by atoms with Gasteiger partial charge in [-0.25, -0.2) is 0 Å². The van der Waals surface area contributed by atoms with Gasteiger partial charge < -0.3 is 0 Å². The number of benzene rings is 2. The second kappa shape index (κ2) is 6.72. The summed E-state index contributed by atoms with van der Waals surface area (Å²) >= 11 is 3.69. The topological polar surface area (TPSA) is 0 Å². The van der Waals surface area contributed by atoms with Gasteiger partial charge in [-0.05, 0) is 61.1 Å². The summed E-state index contributed by atoms with van der Waals surface area (Å²) in [6.45, 7) is 4.36. The number of hydrogen-bond acceptors (Lipinski definition) is 2. The van der Waals surface area contributed by atoms with E-state index < -0.39 is 0 Å². The monoisotopic (exact) mass is 324 g/mol. The molecule has 3 aromatic rings. The van der Waals surface area contributed by atoms with Crippen molar-refractivity contribution in [3.8, 4) is 10.4 Å². The maximum atomic E-state index is 2.31. The average Bonchev–Trinajstić information content (AvgIpc) is 2.99. The van der Waals surface area contributed by atoms with Crippen molar-refractivity contribution >= 4 is 23.1 Å². The van der Waals surface area contributed by atoms with Crippen LogP contribution in [-0.2, 0) is 6.42 Å². The van der Waals surface area contributed by atoms with E-state index in [1.807, 2.05) is 11.3 Å². The summed E-state index contributed by atoms with van der Waals surface area (Å²) in [6, 6.07) is 20.1. The highest BCUT2D eigenvalue weighted by Crippen LogP contribution is 2.31. The van der Waals surface area contributed by atoms with Gasteiger partial charge >= 0.3 is 0 Å². The highest BCUT2D eigenvalue weighted by atomic mass is 32.2. The number of thiophene rings is 1. The lowest BCUT2D eigenvalue weighted by Gasteiger charge is -2.05. The van der Waals surface area contributed by atoms with Crippen LogP contribution in [0.3, 0.4) is 0 Å². The Morgan fingerprint density at radius 1 is 0.909 bits per heavy atom. The molecule has 0 N–H and O–H groups in total. The van der Waals surface area contributed by atoms with Gasteiger partial charge in [0.15, 0.2) is 0 Å². The van der Waals surface area contributed by atoms with Crippen molar-refractivity contribution < 1.29 is 0 Å². The molecule has 1 heterocycles. The molecule has 0 unspecified atom stereocenters. The smallest absolute Gasteiger partial charge is 0.0345 e. The van der Waals surface area contributed by atoms with Gasteiger partial charge in [-0.2, -0.15) is 0 Å². The van der Waals surface area contributed by atoms with Gasteiger partial charge in [0.2, 0.25) is 0 Å². The Balaban J connectivity index is 1.82. The van der Waals surface area contributed by atoms with E-state index in [1.165, 1.54) is 36.9 Å². The Hall–Kier alpha value is -1.51. The molecule has 0 amide bonds. The zero-order valence-corrected chi connectivity index (χ0v) is 14.9. The van der Waals surface area contributed by atoms with Gasteiger partial charge in [-0.3, -0.25) is 0 Å². The van der Waals surface area contributed by atoms with Crippen LogP contribution in [0.2, 0.25) is 0 Å². The zero-order valence-electron chi connectivity index (χ0n) is 13.2. The summed E-state index contributed by atoms with van der Waals surface area (Å²) < 4.78 is 0. The number of thioether (sulfide) groups is 1. The van der Waals surface area contributed by atoms with E-state index in [9.17, 15) is 0 Å².